The third-order valence-electron chi connectivity index (χ3n) is 3.22. The second-order valence-corrected chi connectivity index (χ2v) is 5.00. The molecule has 21 heavy (non-hydrogen) atoms. The van der Waals surface area contributed by atoms with Gasteiger partial charge in [-0.2, -0.15) is 0 Å². The van der Waals surface area contributed by atoms with Crippen molar-refractivity contribution in [2.24, 2.45) is 5.92 Å². The van der Waals surface area contributed by atoms with Gasteiger partial charge in [0.05, 0.1) is 6.54 Å². The highest BCUT2D eigenvalue weighted by molar-refractivity contribution is 5.95. The van der Waals surface area contributed by atoms with Crippen LogP contribution >= 0.6 is 0 Å². The molecule has 1 fully saturated rings. The van der Waals surface area contributed by atoms with Crippen LogP contribution in [0, 0.1) is 18.3 Å². The Balaban J connectivity index is 2.08. The Labute approximate surface area is 122 Å². The van der Waals surface area contributed by atoms with E-state index in [4.69, 9.17) is 11.5 Å². The van der Waals surface area contributed by atoms with Crippen molar-refractivity contribution in [3.05, 3.63) is 23.8 Å². The molecule has 0 bridgehead atoms. The molecular formula is C15H16N2O4. The predicted molar refractivity (Wildman–Crippen MR) is 77.2 cm³/mol. The lowest BCUT2D eigenvalue weighted by Crippen LogP contribution is -2.36. The number of phenols is 1. The van der Waals surface area contributed by atoms with Gasteiger partial charge in [0.2, 0.25) is 0 Å². The number of terminal acetylenes is 1. The molecule has 3 N–H and O–H groups in total. The van der Waals surface area contributed by atoms with Crippen LogP contribution in [0.4, 0.5) is 10.5 Å². The number of urea groups is 1. The monoisotopic (exact) mass is 288 g/mol. The smallest absolute Gasteiger partial charge is 0.339 e. The largest absolute Gasteiger partial charge is 0.507 e. The minimum absolute atomic E-state index is 0.201. The van der Waals surface area contributed by atoms with Crippen molar-refractivity contribution in [1.29, 1.82) is 0 Å². The fourth-order valence-corrected chi connectivity index (χ4v) is 1.93. The maximum absolute atomic E-state index is 12.1. The summed E-state index contributed by atoms with van der Waals surface area (Å²) in [6.45, 7) is 0.798. The number of carbonyl (C=O) groups excluding carboxylic acids is 1. The van der Waals surface area contributed by atoms with Crippen LogP contribution in [-0.2, 0) is 0 Å². The summed E-state index contributed by atoms with van der Waals surface area (Å²) in [7, 11) is 0. The molecule has 6 nitrogen and oxygen atoms in total. The van der Waals surface area contributed by atoms with Gasteiger partial charge in [-0.15, -0.1) is 6.42 Å². The van der Waals surface area contributed by atoms with Crippen LogP contribution < -0.4 is 5.32 Å². The van der Waals surface area contributed by atoms with Gasteiger partial charge in [0, 0.05) is 12.2 Å². The molecule has 0 unspecified atom stereocenters. The number of carboxylic acids is 1. The fraction of sp³-hybridized carbons (Fsp3) is 0.333. The molecule has 1 aromatic rings. The average molecular weight is 288 g/mol. The number of carbonyl (C=O) groups is 2. The van der Waals surface area contributed by atoms with Gasteiger partial charge in [-0.05, 0) is 37.0 Å². The molecule has 0 aromatic heterocycles. The van der Waals surface area contributed by atoms with Gasteiger partial charge in [0.25, 0.3) is 0 Å². The number of hydrogen-bond donors (Lipinski definition) is 3. The van der Waals surface area contributed by atoms with Crippen LogP contribution in [0.25, 0.3) is 0 Å². The van der Waals surface area contributed by atoms with Gasteiger partial charge in [0.15, 0.2) is 0 Å². The quantitative estimate of drug-likeness (QED) is 0.570. The number of anilines is 1. The summed E-state index contributed by atoms with van der Waals surface area (Å²) >= 11 is 0. The molecule has 2 amide bonds. The van der Waals surface area contributed by atoms with E-state index in [2.05, 4.69) is 11.2 Å². The molecule has 1 saturated carbocycles. The Morgan fingerprint density at radius 1 is 1.43 bits per heavy atom. The van der Waals surface area contributed by atoms with Crippen molar-refractivity contribution in [2.75, 3.05) is 18.4 Å². The van der Waals surface area contributed by atoms with Crippen LogP contribution in [-0.4, -0.2) is 40.2 Å². The summed E-state index contributed by atoms with van der Waals surface area (Å²) < 4.78 is 0. The fourth-order valence-electron chi connectivity index (χ4n) is 1.93. The molecule has 6 heteroatoms. The van der Waals surface area contributed by atoms with Crippen LogP contribution in [0.5, 0.6) is 5.75 Å². The number of nitrogens with zero attached hydrogens (tertiary/aromatic N) is 1. The first-order chi connectivity index (χ1) is 10.0. The van der Waals surface area contributed by atoms with Gasteiger partial charge in [-0.25, -0.2) is 9.59 Å². The lowest BCUT2D eigenvalue weighted by Gasteiger charge is -2.20. The highest BCUT2D eigenvalue weighted by Gasteiger charge is 2.26. The predicted octanol–water partition coefficient (Wildman–Crippen LogP) is 1.97. The molecule has 0 saturated heterocycles. The SMILES string of the molecule is C#CCN(CC1CC1)C(=O)Nc1ccc(O)c(C(=O)O)c1. The number of rotatable bonds is 5. The summed E-state index contributed by atoms with van der Waals surface area (Å²) in [5.74, 6) is 1.33. The van der Waals surface area contributed by atoms with E-state index < -0.39 is 5.97 Å². The molecule has 2 rings (SSSR count). The molecule has 1 aliphatic carbocycles. The Morgan fingerprint density at radius 3 is 2.71 bits per heavy atom. The first-order valence-electron chi connectivity index (χ1n) is 6.57. The first-order valence-corrected chi connectivity index (χ1v) is 6.57. The molecule has 1 aromatic carbocycles. The topological polar surface area (TPSA) is 89.9 Å². The molecule has 0 radical (unpaired) electrons. The van der Waals surface area contributed by atoms with E-state index in [1.165, 1.54) is 23.1 Å². The molecule has 0 aliphatic heterocycles. The van der Waals surface area contributed by atoms with Crippen molar-refractivity contribution < 1.29 is 19.8 Å². The summed E-state index contributed by atoms with van der Waals surface area (Å²) in [6.07, 6.45) is 7.45. The Kier molecular flexibility index (Phi) is 4.33. The van der Waals surface area contributed by atoms with Gasteiger partial charge in [0.1, 0.15) is 11.3 Å². The van der Waals surface area contributed by atoms with Crippen molar-refractivity contribution >= 4 is 17.7 Å². The minimum Gasteiger partial charge on any atom is -0.507 e. The lowest BCUT2D eigenvalue weighted by molar-refractivity contribution is 0.0693. The van der Waals surface area contributed by atoms with E-state index in [0.717, 1.165) is 12.8 Å². The van der Waals surface area contributed by atoms with Crippen LogP contribution in [0.2, 0.25) is 0 Å². The summed E-state index contributed by atoms with van der Waals surface area (Å²) in [5, 5.41) is 21.0. The second kappa shape index (κ2) is 6.18. The number of carboxylic acid groups (broad SMARTS) is 1. The zero-order valence-electron chi connectivity index (χ0n) is 11.4. The normalized spacial score (nSPS) is 13.3. The Bertz CT molecular complexity index is 602. The average Bonchev–Trinajstić information content (AvgIpc) is 3.24. The lowest BCUT2D eigenvalue weighted by atomic mass is 10.2. The number of aromatic hydroxyl groups is 1. The number of hydrogen-bond acceptors (Lipinski definition) is 3. The van der Waals surface area contributed by atoms with Crippen LogP contribution in [0.15, 0.2) is 18.2 Å². The number of nitrogens with one attached hydrogen (secondary N) is 1. The molecule has 0 spiro atoms. The third kappa shape index (κ3) is 3.89. The minimum atomic E-state index is -1.26. The second-order valence-electron chi connectivity index (χ2n) is 5.00. The Morgan fingerprint density at radius 2 is 2.14 bits per heavy atom. The molecule has 0 atom stereocenters. The highest BCUT2D eigenvalue weighted by atomic mass is 16.4. The van der Waals surface area contributed by atoms with E-state index in [-0.39, 0.29) is 23.9 Å². The maximum Gasteiger partial charge on any atom is 0.339 e. The third-order valence-corrected chi connectivity index (χ3v) is 3.22. The Hall–Kier alpha value is -2.68. The van der Waals surface area contributed by atoms with Gasteiger partial charge in [-0.3, -0.25) is 0 Å². The van der Waals surface area contributed by atoms with Gasteiger partial charge in [-0.1, -0.05) is 5.92 Å². The van der Waals surface area contributed by atoms with Crippen LogP contribution in [0.1, 0.15) is 23.2 Å². The zero-order valence-corrected chi connectivity index (χ0v) is 11.4. The van der Waals surface area contributed by atoms with Crippen molar-refractivity contribution in [3.63, 3.8) is 0 Å². The van der Waals surface area contributed by atoms with Crippen LogP contribution in [0.3, 0.4) is 0 Å². The van der Waals surface area contributed by atoms with Crippen molar-refractivity contribution in [3.8, 4) is 18.1 Å². The molecular weight excluding hydrogens is 272 g/mol. The van der Waals surface area contributed by atoms with E-state index in [1.54, 1.807) is 0 Å². The summed E-state index contributed by atoms with van der Waals surface area (Å²) in [6, 6.07) is 3.50. The maximum atomic E-state index is 12.1. The molecule has 0 heterocycles. The van der Waals surface area contributed by atoms with Gasteiger partial charge >= 0.3 is 12.0 Å². The summed E-state index contributed by atoms with van der Waals surface area (Å²) in [4.78, 5) is 24.6. The number of benzene rings is 1. The zero-order chi connectivity index (χ0) is 15.4. The van der Waals surface area contributed by atoms with E-state index in [1.807, 2.05) is 0 Å². The summed E-state index contributed by atoms with van der Waals surface area (Å²) in [5.41, 5.74) is 0.0338. The van der Waals surface area contributed by atoms with Gasteiger partial charge < -0.3 is 20.4 Å². The molecule has 1 aliphatic rings. The van der Waals surface area contributed by atoms with E-state index in [0.29, 0.717) is 18.2 Å². The van der Waals surface area contributed by atoms with E-state index in [9.17, 15) is 14.7 Å². The number of amides is 2. The van der Waals surface area contributed by atoms with Crippen molar-refractivity contribution in [1.82, 2.24) is 4.90 Å². The van der Waals surface area contributed by atoms with Crippen molar-refractivity contribution in [2.45, 2.75) is 12.8 Å². The standard InChI is InChI=1S/C15H16N2O4/c1-2-7-17(9-10-3-4-10)15(21)16-11-5-6-13(18)12(8-11)14(19)20/h1,5-6,8,10,18H,3-4,7,9H2,(H,16,21)(H,19,20). The first kappa shape index (κ1) is 14.7. The number of aromatic carboxylic acids is 1. The highest BCUT2D eigenvalue weighted by Crippen LogP contribution is 2.30. The van der Waals surface area contributed by atoms with E-state index >= 15 is 0 Å². The molecule has 110 valence electrons.